The Morgan fingerprint density at radius 3 is 2.77 bits per heavy atom. The van der Waals surface area contributed by atoms with Crippen molar-refractivity contribution in [1.82, 2.24) is 4.98 Å². The number of hydrogen-bond acceptors (Lipinski definition) is 5. The fraction of sp³-hybridized carbons (Fsp3) is 0.192. The summed E-state index contributed by atoms with van der Waals surface area (Å²) in [6.07, 6.45) is 4.79. The highest BCUT2D eigenvalue weighted by molar-refractivity contribution is 5.93. The van der Waals surface area contributed by atoms with Crippen LogP contribution in [0.5, 0.6) is 0 Å². The van der Waals surface area contributed by atoms with Gasteiger partial charge in [0, 0.05) is 40.2 Å². The van der Waals surface area contributed by atoms with Gasteiger partial charge in [-0.2, -0.15) is 0 Å². The molecule has 0 spiro atoms. The summed E-state index contributed by atoms with van der Waals surface area (Å²) < 4.78 is 10.8. The van der Waals surface area contributed by atoms with Crippen LogP contribution in [0.4, 0.5) is 0 Å². The SMILES string of the molecule is Cc1cc2oc(=O)cc(COC(=O)/C=C/c3cccc4cccnc34)c2cc1C(C)C. The first-order chi connectivity index (χ1) is 14.9. The number of carbonyl (C=O) groups excluding carboxylic acids is 1. The molecule has 4 rings (SSSR count). The minimum atomic E-state index is -0.495. The van der Waals surface area contributed by atoms with Crippen molar-refractivity contribution in [3.63, 3.8) is 0 Å². The van der Waals surface area contributed by atoms with Crippen LogP contribution in [0.25, 0.3) is 27.9 Å². The number of fused-ring (bicyclic) bond motifs is 2. The molecule has 2 aromatic heterocycles. The number of aryl methyl sites for hydroxylation is 1. The number of esters is 1. The monoisotopic (exact) mass is 413 g/mol. The molecule has 0 aliphatic carbocycles. The summed E-state index contributed by atoms with van der Waals surface area (Å²) in [7, 11) is 0. The van der Waals surface area contributed by atoms with Crippen molar-refractivity contribution >= 4 is 33.9 Å². The molecule has 0 saturated heterocycles. The van der Waals surface area contributed by atoms with Crippen molar-refractivity contribution in [2.24, 2.45) is 0 Å². The molecule has 0 amide bonds. The summed E-state index contributed by atoms with van der Waals surface area (Å²) in [6.45, 7) is 6.20. The van der Waals surface area contributed by atoms with Crippen LogP contribution in [0.2, 0.25) is 0 Å². The number of carbonyl (C=O) groups is 1. The van der Waals surface area contributed by atoms with E-state index in [1.165, 1.54) is 12.1 Å². The Kier molecular flexibility index (Phi) is 5.67. The maximum atomic E-state index is 12.3. The third kappa shape index (κ3) is 4.40. The maximum Gasteiger partial charge on any atom is 0.336 e. The Labute approximate surface area is 180 Å². The van der Waals surface area contributed by atoms with E-state index < -0.39 is 11.6 Å². The van der Waals surface area contributed by atoms with Crippen molar-refractivity contribution in [2.45, 2.75) is 33.3 Å². The molecule has 0 aliphatic heterocycles. The summed E-state index contributed by atoms with van der Waals surface area (Å²) in [5.41, 5.74) is 4.53. The molecule has 0 radical (unpaired) electrons. The molecule has 0 aliphatic rings. The Bertz CT molecular complexity index is 1360. The van der Waals surface area contributed by atoms with E-state index in [2.05, 4.69) is 18.8 Å². The van der Waals surface area contributed by atoms with E-state index in [9.17, 15) is 9.59 Å². The topological polar surface area (TPSA) is 69.4 Å². The predicted molar refractivity (Wildman–Crippen MR) is 122 cm³/mol. The minimum Gasteiger partial charge on any atom is -0.458 e. The van der Waals surface area contributed by atoms with E-state index in [-0.39, 0.29) is 6.61 Å². The minimum absolute atomic E-state index is 0.0142. The number of nitrogens with zero attached hydrogens (tertiary/aromatic N) is 1. The lowest BCUT2D eigenvalue weighted by Gasteiger charge is -2.13. The molecular formula is C26H23NO4. The number of aromatic nitrogens is 1. The number of ether oxygens (including phenoxy) is 1. The van der Waals surface area contributed by atoms with Gasteiger partial charge in [-0.15, -0.1) is 0 Å². The van der Waals surface area contributed by atoms with Gasteiger partial charge < -0.3 is 9.15 Å². The molecule has 4 aromatic rings. The number of hydrogen-bond donors (Lipinski definition) is 0. The molecule has 2 aromatic carbocycles. The molecule has 5 nitrogen and oxygen atoms in total. The molecule has 31 heavy (non-hydrogen) atoms. The lowest BCUT2D eigenvalue weighted by Crippen LogP contribution is -2.06. The van der Waals surface area contributed by atoms with Crippen LogP contribution in [-0.4, -0.2) is 11.0 Å². The van der Waals surface area contributed by atoms with Crippen molar-refractivity contribution < 1.29 is 13.9 Å². The molecule has 2 heterocycles. The fourth-order valence-electron chi connectivity index (χ4n) is 3.75. The first kappa shape index (κ1) is 20.5. The fourth-order valence-corrected chi connectivity index (χ4v) is 3.75. The van der Waals surface area contributed by atoms with E-state index in [1.54, 1.807) is 12.3 Å². The van der Waals surface area contributed by atoms with Gasteiger partial charge in [0.15, 0.2) is 0 Å². The second-order valence-electron chi connectivity index (χ2n) is 7.81. The zero-order valence-corrected chi connectivity index (χ0v) is 17.7. The summed E-state index contributed by atoms with van der Waals surface area (Å²) in [5, 5.41) is 1.78. The normalized spacial score (nSPS) is 11.6. The molecule has 0 fully saturated rings. The average Bonchev–Trinajstić information content (AvgIpc) is 2.75. The molecule has 0 N–H and O–H groups in total. The smallest absolute Gasteiger partial charge is 0.336 e. The van der Waals surface area contributed by atoms with Gasteiger partial charge in [-0.05, 0) is 48.2 Å². The zero-order chi connectivity index (χ0) is 22.0. The van der Waals surface area contributed by atoms with Gasteiger partial charge in [-0.1, -0.05) is 38.1 Å². The van der Waals surface area contributed by atoms with Crippen molar-refractivity contribution in [1.29, 1.82) is 0 Å². The van der Waals surface area contributed by atoms with Crippen LogP contribution in [-0.2, 0) is 16.1 Å². The van der Waals surface area contributed by atoms with Gasteiger partial charge in [0.05, 0.1) is 5.52 Å². The van der Waals surface area contributed by atoms with Crippen molar-refractivity contribution in [3.05, 3.63) is 93.5 Å². The van der Waals surface area contributed by atoms with Crippen molar-refractivity contribution in [3.8, 4) is 0 Å². The Balaban J connectivity index is 1.57. The van der Waals surface area contributed by atoms with Crippen LogP contribution in [0, 0.1) is 6.92 Å². The molecule has 0 saturated carbocycles. The predicted octanol–water partition coefficient (Wildman–Crippen LogP) is 5.53. The largest absolute Gasteiger partial charge is 0.458 e. The van der Waals surface area contributed by atoms with Gasteiger partial charge in [0.25, 0.3) is 0 Å². The molecular weight excluding hydrogens is 390 g/mol. The summed E-state index contributed by atoms with van der Waals surface area (Å²) in [5.74, 6) is -0.172. The quantitative estimate of drug-likeness (QED) is 0.244. The zero-order valence-electron chi connectivity index (χ0n) is 17.7. The Hall–Kier alpha value is -3.73. The highest BCUT2D eigenvalue weighted by Crippen LogP contribution is 2.27. The number of rotatable bonds is 5. The second-order valence-corrected chi connectivity index (χ2v) is 7.81. The highest BCUT2D eigenvalue weighted by Gasteiger charge is 2.12. The summed E-state index contributed by atoms with van der Waals surface area (Å²) in [6, 6.07) is 14.9. The third-order valence-corrected chi connectivity index (χ3v) is 5.27. The molecule has 5 heteroatoms. The van der Waals surface area contributed by atoms with Gasteiger partial charge in [-0.25, -0.2) is 9.59 Å². The first-order valence-corrected chi connectivity index (χ1v) is 10.2. The van der Waals surface area contributed by atoms with E-state index in [0.29, 0.717) is 17.1 Å². The lowest BCUT2D eigenvalue weighted by molar-refractivity contribution is -0.138. The van der Waals surface area contributed by atoms with Crippen molar-refractivity contribution in [2.75, 3.05) is 0 Å². The Morgan fingerprint density at radius 1 is 1.16 bits per heavy atom. The van der Waals surface area contributed by atoms with Crippen LogP contribution >= 0.6 is 0 Å². The molecule has 0 unspecified atom stereocenters. The molecule has 156 valence electrons. The van der Waals surface area contributed by atoms with Crippen LogP contribution in [0.15, 0.2) is 70.0 Å². The van der Waals surface area contributed by atoms with Crippen LogP contribution < -0.4 is 5.63 Å². The first-order valence-electron chi connectivity index (χ1n) is 10.2. The lowest BCUT2D eigenvalue weighted by atomic mass is 9.95. The number of para-hydroxylation sites is 1. The van der Waals surface area contributed by atoms with Gasteiger partial charge >= 0.3 is 11.6 Å². The second kappa shape index (κ2) is 8.56. The molecule has 0 atom stereocenters. The van der Waals surface area contributed by atoms with Gasteiger partial charge in [-0.3, -0.25) is 4.98 Å². The van der Waals surface area contributed by atoms with Gasteiger partial charge in [0.2, 0.25) is 0 Å². The number of benzene rings is 2. The van der Waals surface area contributed by atoms with Crippen LogP contribution in [0.1, 0.15) is 42.0 Å². The molecule has 0 bridgehead atoms. The summed E-state index contributed by atoms with van der Waals surface area (Å²) in [4.78, 5) is 28.7. The third-order valence-electron chi connectivity index (χ3n) is 5.27. The Morgan fingerprint density at radius 2 is 1.97 bits per heavy atom. The van der Waals surface area contributed by atoms with E-state index in [4.69, 9.17) is 9.15 Å². The maximum absolute atomic E-state index is 12.3. The number of pyridine rings is 1. The van der Waals surface area contributed by atoms with E-state index in [1.807, 2.05) is 49.4 Å². The van der Waals surface area contributed by atoms with Crippen LogP contribution in [0.3, 0.4) is 0 Å². The standard InChI is InChI=1S/C26H23NO4/c1-16(2)21-14-22-20(13-25(29)31-23(22)12-17(21)3)15-30-24(28)10-9-19-7-4-6-18-8-5-11-27-26(18)19/h4-14,16H,15H2,1-3H3/b10-9+. The van der Waals surface area contributed by atoms with E-state index in [0.717, 1.165) is 33.0 Å². The van der Waals surface area contributed by atoms with E-state index >= 15 is 0 Å². The highest BCUT2D eigenvalue weighted by atomic mass is 16.5. The summed E-state index contributed by atoms with van der Waals surface area (Å²) >= 11 is 0. The van der Waals surface area contributed by atoms with Gasteiger partial charge in [0.1, 0.15) is 12.2 Å². The average molecular weight is 413 g/mol.